The fraction of sp³-hybridized carbons (Fsp3) is 0.636. The predicted octanol–water partition coefficient (Wildman–Crippen LogP) is 1.57. The third-order valence-electron chi connectivity index (χ3n) is 2.68. The highest BCUT2D eigenvalue weighted by Gasteiger charge is 2.45. The maximum absolute atomic E-state index is 11.4. The zero-order valence-electron chi connectivity index (χ0n) is 9.97. The van der Waals surface area contributed by atoms with Crippen molar-refractivity contribution in [1.82, 2.24) is 5.32 Å². The van der Waals surface area contributed by atoms with E-state index < -0.39 is 22.8 Å². The molecule has 0 aromatic rings. The minimum atomic E-state index is -1.30. The van der Waals surface area contributed by atoms with Crippen molar-refractivity contribution in [2.45, 2.75) is 40.2 Å². The Balaban J connectivity index is 5.09. The van der Waals surface area contributed by atoms with Crippen LogP contribution in [-0.4, -0.2) is 22.5 Å². The van der Waals surface area contributed by atoms with E-state index in [9.17, 15) is 9.59 Å². The fourth-order valence-corrected chi connectivity index (χ4v) is 0.896. The van der Waals surface area contributed by atoms with Gasteiger partial charge in [-0.05, 0) is 19.3 Å². The zero-order chi connectivity index (χ0) is 12.4. The first-order chi connectivity index (χ1) is 6.52. The molecule has 4 nitrogen and oxygen atoms in total. The molecule has 1 atom stereocenters. The molecule has 0 aliphatic rings. The zero-order valence-corrected chi connectivity index (χ0v) is 9.97. The largest absolute Gasteiger partial charge is 0.479 e. The minimum Gasteiger partial charge on any atom is -0.479 e. The van der Waals surface area contributed by atoms with Gasteiger partial charge in [0.25, 0.3) is 0 Å². The molecule has 0 radical (unpaired) electrons. The summed E-state index contributed by atoms with van der Waals surface area (Å²) in [6, 6.07) is 0. The van der Waals surface area contributed by atoms with Crippen LogP contribution in [0.4, 0.5) is 0 Å². The van der Waals surface area contributed by atoms with Crippen molar-refractivity contribution in [2.24, 2.45) is 5.41 Å². The van der Waals surface area contributed by atoms with Crippen LogP contribution in [0.5, 0.6) is 0 Å². The van der Waals surface area contributed by atoms with Crippen molar-refractivity contribution < 1.29 is 14.7 Å². The Morgan fingerprint density at radius 2 is 1.60 bits per heavy atom. The van der Waals surface area contributed by atoms with Crippen LogP contribution in [0, 0.1) is 5.41 Å². The van der Waals surface area contributed by atoms with Crippen LogP contribution in [-0.2, 0) is 9.59 Å². The van der Waals surface area contributed by atoms with Crippen LogP contribution in [0.15, 0.2) is 12.2 Å². The number of hydrogen-bond donors (Lipinski definition) is 2. The average molecular weight is 213 g/mol. The number of carbonyl (C=O) groups is 2. The summed E-state index contributed by atoms with van der Waals surface area (Å²) >= 11 is 0. The lowest BCUT2D eigenvalue weighted by Crippen LogP contribution is -2.60. The Labute approximate surface area is 90.4 Å². The normalized spacial score (nSPS) is 15.3. The number of nitrogens with one attached hydrogen (secondary N) is 1. The van der Waals surface area contributed by atoms with Crippen LogP contribution < -0.4 is 5.32 Å². The first-order valence-corrected chi connectivity index (χ1v) is 4.74. The Bertz CT molecular complexity index is 301. The smallest absolute Gasteiger partial charge is 0.329 e. The van der Waals surface area contributed by atoms with Gasteiger partial charge in [-0.1, -0.05) is 27.4 Å². The van der Waals surface area contributed by atoms with Gasteiger partial charge in [-0.2, -0.15) is 0 Å². The van der Waals surface area contributed by atoms with E-state index in [1.807, 2.05) is 0 Å². The Hall–Kier alpha value is -1.32. The van der Waals surface area contributed by atoms with Gasteiger partial charge in [0.15, 0.2) is 0 Å². The summed E-state index contributed by atoms with van der Waals surface area (Å²) in [4.78, 5) is 22.6. The van der Waals surface area contributed by atoms with Crippen LogP contribution >= 0.6 is 0 Å². The van der Waals surface area contributed by atoms with Crippen LogP contribution in [0.25, 0.3) is 0 Å². The molecule has 0 heterocycles. The first kappa shape index (κ1) is 13.7. The third-order valence-corrected chi connectivity index (χ3v) is 2.68. The third kappa shape index (κ3) is 2.81. The number of aliphatic carboxylic acids is 1. The summed E-state index contributed by atoms with van der Waals surface area (Å²) in [5.74, 6) is -1.49. The molecular formula is C11H19NO3. The maximum Gasteiger partial charge on any atom is 0.329 e. The molecule has 0 aromatic heterocycles. The quantitative estimate of drug-likeness (QED) is 0.699. The molecule has 0 aliphatic carbocycles. The lowest BCUT2D eigenvalue weighted by atomic mass is 9.74. The molecule has 86 valence electrons. The number of rotatable bonds is 3. The second-order valence-corrected chi connectivity index (χ2v) is 4.91. The molecule has 0 bridgehead atoms. The van der Waals surface area contributed by atoms with Gasteiger partial charge in [-0.25, -0.2) is 4.79 Å². The number of carboxylic acid groups (broad SMARTS) is 1. The van der Waals surface area contributed by atoms with Gasteiger partial charge >= 0.3 is 5.97 Å². The highest BCUT2D eigenvalue weighted by molar-refractivity contribution is 5.96. The van der Waals surface area contributed by atoms with Gasteiger partial charge in [0.2, 0.25) is 5.91 Å². The van der Waals surface area contributed by atoms with E-state index in [1.165, 1.54) is 6.92 Å². The molecule has 0 saturated carbocycles. The molecule has 0 aliphatic heterocycles. The topological polar surface area (TPSA) is 66.4 Å². The van der Waals surface area contributed by atoms with Crippen molar-refractivity contribution in [3.63, 3.8) is 0 Å². The molecule has 0 saturated heterocycles. The van der Waals surface area contributed by atoms with E-state index in [0.717, 1.165) is 0 Å². The summed E-state index contributed by atoms with van der Waals surface area (Å²) in [5, 5.41) is 11.6. The van der Waals surface area contributed by atoms with E-state index in [0.29, 0.717) is 5.57 Å². The van der Waals surface area contributed by atoms with Gasteiger partial charge in [0.1, 0.15) is 5.54 Å². The SMILES string of the molecule is C=C(C)C(=O)NC(C)(C(=O)O)C(C)(C)C. The summed E-state index contributed by atoms with van der Waals surface area (Å²) in [6.45, 7) is 11.8. The molecule has 0 fully saturated rings. The summed E-state index contributed by atoms with van der Waals surface area (Å²) in [7, 11) is 0. The van der Waals surface area contributed by atoms with E-state index in [2.05, 4.69) is 11.9 Å². The van der Waals surface area contributed by atoms with Crippen molar-refractivity contribution in [3.05, 3.63) is 12.2 Å². The Morgan fingerprint density at radius 1 is 1.20 bits per heavy atom. The fourth-order valence-electron chi connectivity index (χ4n) is 0.896. The number of carboxylic acids is 1. The van der Waals surface area contributed by atoms with Crippen molar-refractivity contribution in [1.29, 1.82) is 0 Å². The van der Waals surface area contributed by atoms with Gasteiger partial charge in [-0.15, -0.1) is 0 Å². The summed E-state index contributed by atoms with van der Waals surface area (Å²) in [5.41, 5.74) is -1.58. The van der Waals surface area contributed by atoms with Crippen LogP contribution in [0.3, 0.4) is 0 Å². The molecule has 1 amide bonds. The molecule has 0 spiro atoms. The summed E-state index contributed by atoms with van der Waals surface area (Å²) in [6.07, 6.45) is 0. The Kier molecular flexibility index (Phi) is 3.69. The predicted molar refractivity (Wildman–Crippen MR) is 58.5 cm³/mol. The lowest BCUT2D eigenvalue weighted by molar-refractivity contribution is -0.151. The second kappa shape index (κ2) is 4.04. The second-order valence-electron chi connectivity index (χ2n) is 4.91. The minimum absolute atomic E-state index is 0.298. The lowest BCUT2D eigenvalue weighted by Gasteiger charge is -2.38. The molecule has 0 rings (SSSR count). The van der Waals surface area contributed by atoms with E-state index in [1.54, 1.807) is 27.7 Å². The average Bonchev–Trinajstić information content (AvgIpc) is 2.01. The highest BCUT2D eigenvalue weighted by Crippen LogP contribution is 2.30. The monoisotopic (exact) mass is 213 g/mol. The number of amides is 1. The highest BCUT2D eigenvalue weighted by atomic mass is 16.4. The Morgan fingerprint density at radius 3 is 1.80 bits per heavy atom. The molecular weight excluding hydrogens is 194 g/mol. The van der Waals surface area contributed by atoms with Crippen molar-refractivity contribution >= 4 is 11.9 Å². The van der Waals surface area contributed by atoms with Gasteiger partial charge in [0, 0.05) is 5.57 Å². The van der Waals surface area contributed by atoms with Gasteiger partial charge < -0.3 is 10.4 Å². The first-order valence-electron chi connectivity index (χ1n) is 4.74. The van der Waals surface area contributed by atoms with Crippen LogP contribution in [0.2, 0.25) is 0 Å². The molecule has 4 heteroatoms. The molecule has 0 aromatic carbocycles. The van der Waals surface area contributed by atoms with E-state index in [4.69, 9.17) is 5.11 Å². The maximum atomic E-state index is 11.4. The van der Waals surface area contributed by atoms with Gasteiger partial charge in [-0.3, -0.25) is 4.79 Å². The van der Waals surface area contributed by atoms with E-state index in [-0.39, 0.29) is 0 Å². The number of hydrogen-bond acceptors (Lipinski definition) is 2. The molecule has 1 unspecified atom stereocenters. The van der Waals surface area contributed by atoms with Crippen molar-refractivity contribution in [3.8, 4) is 0 Å². The standard InChI is InChI=1S/C11H19NO3/c1-7(2)8(13)12-11(6,9(14)15)10(3,4)5/h1H2,2-6H3,(H,12,13)(H,14,15). The van der Waals surface area contributed by atoms with Crippen LogP contribution in [0.1, 0.15) is 34.6 Å². The van der Waals surface area contributed by atoms with Crippen molar-refractivity contribution in [2.75, 3.05) is 0 Å². The molecule has 15 heavy (non-hydrogen) atoms. The number of carbonyl (C=O) groups excluding carboxylic acids is 1. The van der Waals surface area contributed by atoms with Gasteiger partial charge in [0.05, 0.1) is 0 Å². The van der Waals surface area contributed by atoms with E-state index >= 15 is 0 Å². The summed E-state index contributed by atoms with van der Waals surface area (Å²) < 4.78 is 0. The molecule has 2 N–H and O–H groups in total.